The molecule has 1 saturated heterocycles. The van der Waals surface area contributed by atoms with Crippen molar-refractivity contribution in [2.75, 3.05) is 33.4 Å². The van der Waals surface area contributed by atoms with Crippen LogP contribution in [0, 0.1) is 5.92 Å². The number of thiocarbonyl (C=S) groups is 1. The largest absolute Gasteiger partial charge is 0.393 e. The number of rotatable bonds is 6. The summed E-state index contributed by atoms with van der Waals surface area (Å²) in [6, 6.07) is -0.140. The number of amides is 1. The summed E-state index contributed by atoms with van der Waals surface area (Å²) in [5.74, 6) is 0.276. The summed E-state index contributed by atoms with van der Waals surface area (Å²) in [6.07, 6.45) is 2.07. The van der Waals surface area contributed by atoms with E-state index in [0.717, 1.165) is 25.9 Å². The first-order chi connectivity index (χ1) is 8.56. The van der Waals surface area contributed by atoms with Gasteiger partial charge in [0.2, 0.25) is 5.91 Å². The third-order valence-corrected chi connectivity index (χ3v) is 3.72. The van der Waals surface area contributed by atoms with E-state index < -0.39 is 0 Å². The van der Waals surface area contributed by atoms with Crippen molar-refractivity contribution in [1.82, 2.24) is 10.2 Å². The molecule has 0 aromatic rings. The van der Waals surface area contributed by atoms with Crippen molar-refractivity contribution in [3.8, 4) is 0 Å². The quantitative estimate of drug-likeness (QED) is 0.532. The molecule has 2 unspecified atom stereocenters. The fourth-order valence-corrected chi connectivity index (χ4v) is 2.37. The first kappa shape index (κ1) is 15.3. The van der Waals surface area contributed by atoms with E-state index in [-0.39, 0.29) is 17.9 Å². The normalized spacial score (nSPS) is 22.4. The Morgan fingerprint density at radius 1 is 1.67 bits per heavy atom. The second-order valence-electron chi connectivity index (χ2n) is 4.70. The summed E-state index contributed by atoms with van der Waals surface area (Å²) in [7, 11) is 1.62. The highest BCUT2D eigenvalue weighted by Crippen LogP contribution is 2.18. The summed E-state index contributed by atoms with van der Waals surface area (Å²) >= 11 is 5.04. The van der Waals surface area contributed by atoms with E-state index >= 15 is 0 Å². The number of hydrogen-bond acceptors (Lipinski definition) is 4. The van der Waals surface area contributed by atoms with Crippen molar-refractivity contribution < 1.29 is 9.53 Å². The average Bonchev–Trinajstić information content (AvgIpc) is 2.38. The van der Waals surface area contributed by atoms with Crippen LogP contribution in [0.1, 0.15) is 19.8 Å². The summed E-state index contributed by atoms with van der Waals surface area (Å²) < 4.78 is 4.90. The SMILES string of the molecule is COCCNC(=O)C(C)N1CCCC(C(N)=S)C1. The fraction of sp³-hybridized carbons (Fsp3) is 0.833. The van der Waals surface area contributed by atoms with Gasteiger partial charge in [-0.25, -0.2) is 0 Å². The molecule has 0 radical (unpaired) electrons. The van der Waals surface area contributed by atoms with E-state index in [2.05, 4.69) is 10.2 Å². The minimum Gasteiger partial charge on any atom is -0.393 e. The van der Waals surface area contributed by atoms with Crippen molar-refractivity contribution in [2.45, 2.75) is 25.8 Å². The molecule has 1 rings (SSSR count). The molecule has 1 heterocycles. The van der Waals surface area contributed by atoms with Gasteiger partial charge in [0.1, 0.15) is 0 Å². The fourth-order valence-electron chi connectivity index (χ4n) is 2.18. The Morgan fingerprint density at radius 2 is 2.39 bits per heavy atom. The molecule has 1 aliphatic heterocycles. The van der Waals surface area contributed by atoms with Gasteiger partial charge in [0.05, 0.1) is 17.6 Å². The highest BCUT2D eigenvalue weighted by Gasteiger charge is 2.28. The first-order valence-electron chi connectivity index (χ1n) is 6.36. The highest BCUT2D eigenvalue weighted by molar-refractivity contribution is 7.80. The van der Waals surface area contributed by atoms with Crippen LogP contribution in [0.15, 0.2) is 0 Å². The van der Waals surface area contributed by atoms with Crippen LogP contribution in [0.4, 0.5) is 0 Å². The molecule has 0 bridgehead atoms. The smallest absolute Gasteiger partial charge is 0.237 e. The zero-order valence-electron chi connectivity index (χ0n) is 11.1. The zero-order chi connectivity index (χ0) is 13.5. The number of methoxy groups -OCH3 is 1. The molecule has 0 spiro atoms. The summed E-state index contributed by atoms with van der Waals surface area (Å²) in [4.78, 5) is 14.6. The molecular weight excluding hydrogens is 250 g/mol. The second-order valence-corrected chi connectivity index (χ2v) is 5.17. The summed E-state index contributed by atoms with van der Waals surface area (Å²) in [5, 5.41) is 2.86. The molecule has 1 amide bonds. The van der Waals surface area contributed by atoms with Gasteiger partial charge >= 0.3 is 0 Å². The van der Waals surface area contributed by atoms with Gasteiger partial charge in [0, 0.05) is 26.1 Å². The van der Waals surface area contributed by atoms with Crippen molar-refractivity contribution in [2.24, 2.45) is 11.7 Å². The van der Waals surface area contributed by atoms with Gasteiger partial charge in [0.15, 0.2) is 0 Å². The van der Waals surface area contributed by atoms with E-state index in [9.17, 15) is 4.79 Å². The van der Waals surface area contributed by atoms with Crippen LogP contribution in [-0.2, 0) is 9.53 Å². The van der Waals surface area contributed by atoms with Crippen molar-refractivity contribution in [3.05, 3.63) is 0 Å². The number of piperidine rings is 1. The van der Waals surface area contributed by atoms with Crippen LogP contribution in [0.5, 0.6) is 0 Å². The molecule has 5 nitrogen and oxygen atoms in total. The molecule has 1 fully saturated rings. The van der Waals surface area contributed by atoms with Crippen LogP contribution in [0.3, 0.4) is 0 Å². The topological polar surface area (TPSA) is 67.6 Å². The lowest BCUT2D eigenvalue weighted by atomic mass is 9.97. The van der Waals surface area contributed by atoms with Gasteiger partial charge in [-0.3, -0.25) is 9.69 Å². The van der Waals surface area contributed by atoms with E-state index in [4.69, 9.17) is 22.7 Å². The molecule has 104 valence electrons. The van der Waals surface area contributed by atoms with Gasteiger partial charge < -0.3 is 15.8 Å². The minimum absolute atomic E-state index is 0.0376. The first-order valence-corrected chi connectivity index (χ1v) is 6.77. The lowest BCUT2D eigenvalue weighted by molar-refractivity contribution is -0.126. The molecule has 18 heavy (non-hydrogen) atoms. The monoisotopic (exact) mass is 273 g/mol. The standard InChI is InChI=1S/C12H23N3O2S/c1-9(12(16)14-5-7-17-2)15-6-3-4-10(8-15)11(13)18/h9-10H,3-8H2,1-2H3,(H2,13,18)(H,14,16). The molecule has 1 aliphatic rings. The van der Waals surface area contributed by atoms with E-state index in [1.54, 1.807) is 7.11 Å². The molecule has 0 aromatic carbocycles. The van der Waals surface area contributed by atoms with Crippen molar-refractivity contribution in [3.63, 3.8) is 0 Å². The molecule has 3 N–H and O–H groups in total. The van der Waals surface area contributed by atoms with Gasteiger partial charge in [-0.1, -0.05) is 12.2 Å². The maximum absolute atomic E-state index is 11.9. The third-order valence-electron chi connectivity index (χ3n) is 3.39. The lowest BCUT2D eigenvalue weighted by Gasteiger charge is -2.35. The molecule has 0 aromatic heterocycles. The predicted octanol–water partition coefficient (Wildman–Crippen LogP) is 0.136. The molecule has 0 aliphatic carbocycles. The highest BCUT2D eigenvalue weighted by atomic mass is 32.1. The number of carbonyl (C=O) groups is 1. The Labute approximate surface area is 114 Å². The van der Waals surface area contributed by atoms with Crippen LogP contribution in [-0.4, -0.2) is 55.2 Å². The Balaban J connectivity index is 2.42. The number of nitrogens with zero attached hydrogens (tertiary/aromatic N) is 1. The van der Waals surface area contributed by atoms with Crippen LogP contribution < -0.4 is 11.1 Å². The van der Waals surface area contributed by atoms with Crippen molar-refractivity contribution in [1.29, 1.82) is 0 Å². The average molecular weight is 273 g/mol. The Hall–Kier alpha value is -0.720. The number of hydrogen-bond donors (Lipinski definition) is 2. The number of nitrogens with two attached hydrogens (primary N) is 1. The molecule has 6 heteroatoms. The Kier molecular flexibility index (Phi) is 6.52. The van der Waals surface area contributed by atoms with Gasteiger partial charge in [-0.2, -0.15) is 0 Å². The second kappa shape index (κ2) is 7.66. The van der Waals surface area contributed by atoms with E-state index in [1.165, 1.54) is 0 Å². The predicted molar refractivity (Wildman–Crippen MR) is 75.4 cm³/mol. The zero-order valence-corrected chi connectivity index (χ0v) is 12.0. The lowest BCUT2D eigenvalue weighted by Crippen LogP contribution is -2.51. The van der Waals surface area contributed by atoms with Crippen LogP contribution >= 0.6 is 12.2 Å². The van der Waals surface area contributed by atoms with Crippen molar-refractivity contribution >= 4 is 23.1 Å². The number of likely N-dealkylation sites (tertiary alicyclic amines) is 1. The third kappa shape index (κ3) is 4.51. The van der Waals surface area contributed by atoms with E-state index in [1.807, 2.05) is 6.92 Å². The summed E-state index contributed by atoms with van der Waals surface area (Å²) in [5.41, 5.74) is 5.69. The van der Waals surface area contributed by atoms with Gasteiger partial charge in [0.25, 0.3) is 0 Å². The minimum atomic E-state index is -0.140. The molecule has 0 saturated carbocycles. The number of nitrogens with one attached hydrogen (secondary N) is 1. The number of carbonyl (C=O) groups excluding carboxylic acids is 1. The maximum Gasteiger partial charge on any atom is 0.237 e. The maximum atomic E-state index is 11.9. The molecular formula is C12H23N3O2S. The van der Waals surface area contributed by atoms with Crippen LogP contribution in [0.25, 0.3) is 0 Å². The Morgan fingerprint density at radius 3 is 3.00 bits per heavy atom. The Bertz CT molecular complexity index is 299. The number of ether oxygens (including phenoxy) is 1. The molecule has 2 atom stereocenters. The van der Waals surface area contributed by atoms with E-state index in [0.29, 0.717) is 18.1 Å². The van der Waals surface area contributed by atoms with Gasteiger partial charge in [-0.05, 0) is 26.3 Å². The van der Waals surface area contributed by atoms with Crippen LogP contribution in [0.2, 0.25) is 0 Å². The van der Waals surface area contributed by atoms with Gasteiger partial charge in [-0.15, -0.1) is 0 Å². The summed E-state index contributed by atoms with van der Waals surface area (Å²) in [6.45, 7) is 4.72.